The third kappa shape index (κ3) is 4.36. The highest BCUT2D eigenvalue weighted by molar-refractivity contribution is 5.35. The van der Waals surface area contributed by atoms with E-state index in [4.69, 9.17) is 5.73 Å². The number of hydrogen-bond acceptors (Lipinski definition) is 2. The molecule has 1 aromatic rings. The van der Waals surface area contributed by atoms with Gasteiger partial charge in [-0.05, 0) is 19.3 Å². The van der Waals surface area contributed by atoms with Crippen molar-refractivity contribution in [1.82, 2.24) is 9.78 Å². The van der Waals surface area contributed by atoms with Gasteiger partial charge in [-0.25, -0.2) is 0 Å². The predicted octanol–water partition coefficient (Wildman–Crippen LogP) is 2.99. The second kappa shape index (κ2) is 5.79. The number of unbranched alkanes of at least 4 members (excludes halogenated alkanes) is 2. The van der Waals surface area contributed by atoms with Gasteiger partial charge in [-0.3, -0.25) is 4.68 Å². The van der Waals surface area contributed by atoms with E-state index in [9.17, 15) is 0 Å². The molecule has 3 nitrogen and oxygen atoms in total. The first kappa shape index (κ1) is 12.1. The molecule has 15 heavy (non-hydrogen) atoms. The Bertz CT molecular complexity index is 270. The van der Waals surface area contributed by atoms with Crippen molar-refractivity contribution in [2.75, 3.05) is 5.73 Å². The maximum absolute atomic E-state index is 5.68. The van der Waals surface area contributed by atoms with Gasteiger partial charge >= 0.3 is 0 Å². The lowest BCUT2D eigenvalue weighted by Gasteiger charge is -2.04. The Morgan fingerprint density at radius 1 is 1.33 bits per heavy atom. The fourth-order valence-corrected chi connectivity index (χ4v) is 1.65. The minimum Gasteiger partial charge on any atom is -0.382 e. The molecule has 2 N–H and O–H groups in total. The summed E-state index contributed by atoms with van der Waals surface area (Å²) in [4.78, 5) is 0. The fraction of sp³-hybridized carbons (Fsp3) is 0.750. The number of nitrogens with zero attached hydrogens (tertiary/aromatic N) is 2. The van der Waals surface area contributed by atoms with Gasteiger partial charge in [0.1, 0.15) is 5.82 Å². The Hall–Kier alpha value is -0.990. The minimum atomic E-state index is 0.664. The van der Waals surface area contributed by atoms with Crippen molar-refractivity contribution in [2.45, 2.75) is 53.0 Å². The van der Waals surface area contributed by atoms with Crippen LogP contribution in [0, 0.1) is 12.8 Å². The summed E-state index contributed by atoms with van der Waals surface area (Å²) in [5.74, 6) is 1.49. The van der Waals surface area contributed by atoms with E-state index < -0.39 is 0 Å². The van der Waals surface area contributed by atoms with Crippen LogP contribution in [0.3, 0.4) is 0 Å². The van der Waals surface area contributed by atoms with Gasteiger partial charge in [0.2, 0.25) is 0 Å². The van der Waals surface area contributed by atoms with Crippen molar-refractivity contribution in [2.24, 2.45) is 5.92 Å². The molecule has 0 saturated heterocycles. The number of aromatic nitrogens is 2. The van der Waals surface area contributed by atoms with Gasteiger partial charge in [0.15, 0.2) is 0 Å². The molecule has 1 aromatic heterocycles. The van der Waals surface area contributed by atoms with Crippen molar-refractivity contribution >= 4 is 5.82 Å². The van der Waals surface area contributed by atoms with Crippen molar-refractivity contribution in [3.05, 3.63) is 11.8 Å². The van der Waals surface area contributed by atoms with Crippen molar-refractivity contribution < 1.29 is 0 Å². The molecule has 0 aliphatic rings. The molecule has 0 unspecified atom stereocenters. The lowest BCUT2D eigenvalue weighted by molar-refractivity contribution is 0.493. The van der Waals surface area contributed by atoms with Crippen molar-refractivity contribution in [1.29, 1.82) is 0 Å². The molecule has 3 heteroatoms. The van der Waals surface area contributed by atoms with Crippen LogP contribution < -0.4 is 5.73 Å². The van der Waals surface area contributed by atoms with Crippen molar-refractivity contribution in [3.63, 3.8) is 0 Å². The average Bonchev–Trinajstić information content (AvgIpc) is 2.45. The van der Waals surface area contributed by atoms with E-state index in [1.54, 1.807) is 0 Å². The van der Waals surface area contributed by atoms with Gasteiger partial charge in [-0.15, -0.1) is 0 Å². The Morgan fingerprint density at radius 2 is 2.07 bits per heavy atom. The first-order chi connectivity index (χ1) is 7.09. The van der Waals surface area contributed by atoms with Crippen LogP contribution in [0.4, 0.5) is 5.82 Å². The molecule has 0 amide bonds. The maximum Gasteiger partial charge on any atom is 0.148 e. The summed E-state index contributed by atoms with van der Waals surface area (Å²) in [6.07, 6.45) is 7.18. The smallest absolute Gasteiger partial charge is 0.148 e. The summed E-state index contributed by atoms with van der Waals surface area (Å²) in [6, 6.07) is 0. The minimum absolute atomic E-state index is 0.664. The number of aryl methyl sites for hydroxylation is 2. The van der Waals surface area contributed by atoms with Gasteiger partial charge in [0.25, 0.3) is 0 Å². The van der Waals surface area contributed by atoms with Crippen LogP contribution in [0.25, 0.3) is 0 Å². The van der Waals surface area contributed by atoms with E-state index in [2.05, 4.69) is 18.9 Å². The molecular weight excluding hydrogens is 186 g/mol. The maximum atomic E-state index is 5.68. The number of hydrogen-bond donors (Lipinski definition) is 1. The topological polar surface area (TPSA) is 43.8 Å². The molecule has 86 valence electrons. The second-order valence-corrected chi connectivity index (χ2v) is 4.70. The summed E-state index contributed by atoms with van der Waals surface area (Å²) in [5.41, 5.74) is 6.76. The lowest BCUT2D eigenvalue weighted by Crippen LogP contribution is -1.99. The number of rotatable bonds is 6. The quantitative estimate of drug-likeness (QED) is 0.732. The van der Waals surface area contributed by atoms with Gasteiger partial charge in [0.05, 0.1) is 0 Å². The SMILES string of the molecule is Cc1cn(CCCCCC(C)C)nc1N. The van der Waals surface area contributed by atoms with E-state index in [0.717, 1.165) is 18.0 Å². The number of nitrogen functional groups attached to an aromatic ring is 1. The molecule has 0 atom stereocenters. The van der Waals surface area contributed by atoms with Crippen LogP contribution in [0.15, 0.2) is 6.20 Å². The van der Waals surface area contributed by atoms with Crippen molar-refractivity contribution in [3.8, 4) is 0 Å². The molecular formula is C12H23N3. The van der Waals surface area contributed by atoms with Crippen LogP contribution in [0.1, 0.15) is 45.1 Å². The largest absolute Gasteiger partial charge is 0.382 e. The lowest BCUT2D eigenvalue weighted by atomic mass is 10.1. The monoisotopic (exact) mass is 209 g/mol. The average molecular weight is 209 g/mol. The van der Waals surface area contributed by atoms with Gasteiger partial charge < -0.3 is 5.73 Å². The predicted molar refractivity (Wildman–Crippen MR) is 64.7 cm³/mol. The zero-order valence-electron chi connectivity index (χ0n) is 10.2. The van der Waals surface area contributed by atoms with E-state index in [1.165, 1.54) is 25.7 Å². The highest BCUT2D eigenvalue weighted by Crippen LogP contribution is 2.10. The zero-order chi connectivity index (χ0) is 11.3. The molecule has 0 aliphatic carbocycles. The summed E-state index contributed by atoms with van der Waals surface area (Å²) in [5, 5.41) is 4.24. The molecule has 1 rings (SSSR count). The van der Waals surface area contributed by atoms with E-state index in [1.807, 2.05) is 17.8 Å². The van der Waals surface area contributed by atoms with Gasteiger partial charge in [-0.1, -0.05) is 33.1 Å². The zero-order valence-corrected chi connectivity index (χ0v) is 10.2. The Morgan fingerprint density at radius 3 is 2.60 bits per heavy atom. The van der Waals surface area contributed by atoms with Gasteiger partial charge in [-0.2, -0.15) is 5.10 Å². The third-order valence-electron chi connectivity index (χ3n) is 2.65. The molecule has 0 radical (unpaired) electrons. The van der Waals surface area contributed by atoms with E-state index >= 15 is 0 Å². The standard InChI is InChI=1S/C12H23N3/c1-10(2)7-5-4-6-8-15-9-11(3)12(13)14-15/h9-10H,4-8H2,1-3H3,(H2,13,14). The Kier molecular flexibility index (Phi) is 4.66. The third-order valence-corrected chi connectivity index (χ3v) is 2.65. The van der Waals surface area contributed by atoms with Crippen LogP contribution in [0.5, 0.6) is 0 Å². The van der Waals surface area contributed by atoms with Crippen LogP contribution in [0.2, 0.25) is 0 Å². The summed E-state index contributed by atoms with van der Waals surface area (Å²) < 4.78 is 1.96. The highest BCUT2D eigenvalue weighted by Gasteiger charge is 2.00. The number of nitrogens with two attached hydrogens (primary N) is 1. The van der Waals surface area contributed by atoms with Gasteiger partial charge in [0, 0.05) is 18.3 Å². The first-order valence-corrected chi connectivity index (χ1v) is 5.89. The molecule has 0 fully saturated rings. The summed E-state index contributed by atoms with van der Waals surface area (Å²) in [7, 11) is 0. The van der Waals surface area contributed by atoms with Crippen LogP contribution >= 0.6 is 0 Å². The summed E-state index contributed by atoms with van der Waals surface area (Å²) in [6.45, 7) is 7.54. The molecule has 1 heterocycles. The molecule has 0 aliphatic heterocycles. The van der Waals surface area contributed by atoms with E-state index in [0.29, 0.717) is 5.82 Å². The Balaban J connectivity index is 2.15. The fourth-order valence-electron chi connectivity index (χ4n) is 1.65. The van der Waals surface area contributed by atoms with Crippen LogP contribution in [-0.4, -0.2) is 9.78 Å². The summed E-state index contributed by atoms with van der Waals surface area (Å²) >= 11 is 0. The normalized spacial score (nSPS) is 11.2. The molecule has 0 bridgehead atoms. The van der Waals surface area contributed by atoms with E-state index in [-0.39, 0.29) is 0 Å². The van der Waals surface area contributed by atoms with Crippen LogP contribution in [-0.2, 0) is 6.54 Å². The Labute approximate surface area is 92.7 Å². The molecule has 0 saturated carbocycles. The first-order valence-electron chi connectivity index (χ1n) is 5.89. The second-order valence-electron chi connectivity index (χ2n) is 4.70. The molecule has 0 spiro atoms. The highest BCUT2D eigenvalue weighted by atomic mass is 15.3. The number of anilines is 1. The molecule has 0 aromatic carbocycles.